The highest BCUT2D eigenvalue weighted by atomic mass is 19.1. The zero-order chi connectivity index (χ0) is 21.2. The van der Waals surface area contributed by atoms with Gasteiger partial charge in [-0.1, -0.05) is 24.3 Å². The predicted molar refractivity (Wildman–Crippen MR) is 106 cm³/mol. The maximum atomic E-state index is 12.9. The Labute approximate surface area is 170 Å². The van der Waals surface area contributed by atoms with Gasteiger partial charge in [0.1, 0.15) is 24.3 Å². The van der Waals surface area contributed by atoms with Gasteiger partial charge in [-0.25, -0.2) is 4.39 Å². The van der Waals surface area contributed by atoms with E-state index < -0.39 is 24.3 Å². The molecule has 1 aromatic rings. The van der Waals surface area contributed by atoms with Crippen LogP contribution < -0.4 is 4.74 Å². The minimum Gasteiger partial charge on any atom is -0.491 e. The Bertz CT molecular complexity index is 687. The lowest BCUT2D eigenvalue weighted by molar-refractivity contribution is -0.137. The largest absolute Gasteiger partial charge is 0.491 e. The van der Waals surface area contributed by atoms with Gasteiger partial charge in [0, 0.05) is 18.8 Å². The number of rotatable bonds is 11. The number of aliphatic hydroxyl groups excluding tert-OH is 3. The van der Waals surface area contributed by atoms with E-state index in [1.165, 1.54) is 24.3 Å². The summed E-state index contributed by atoms with van der Waals surface area (Å²) >= 11 is 0. The van der Waals surface area contributed by atoms with E-state index in [4.69, 9.17) is 9.84 Å². The highest BCUT2D eigenvalue weighted by Crippen LogP contribution is 2.36. The van der Waals surface area contributed by atoms with Crippen molar-refractivity contribution in [2.24, 2.45) is 11.8 Å². The van der Waals surface area contributed by atoms with Crippen LogP contribution >= 0.6 is 0 Å². The third kappa shape index (κ3) is 7.97. The number of benzene rings is 1. The fourth-order valence-electron chi connectivity index (χ4n) is 3.47. The highest BCUT2D eigenvalue weighted by Gasteiger charge is 2.39. The molecule has 0 aromatic heterocycles. The molecule has 1 fully saturated rings. The number of carbonyl (C=O) groups is 1. The van der Waals surface area contributed by atoms with Crippen LogP contribution in [-0.2, 0) is 4.79 Å². The molecule has 5 atom stereocenters. The first-order valence-electron chi connectivity index (χ1n) is 9.84. The lowest BCUT2D eigenvalue weighted by Crippen LogP contribution is -2.21. The summed E-state index contributed by atoms with van der Waals surface area (Å²) in [7, 11) is 0. The highest BCUT2D eigenvalue weighted by molar-refractivity contribution is 5.66. The van der Waals surface area contributed by atoms with Crippen LogP contribution in [0.2, 0.25) is 0 Å². The minimum atomic E-state index is -0.905. The van der Waals surface area contributed by atoms with Crippen LogP contribution in [0.1, 0.15) is 32.1 Å². The molecule has 7 heteroatoms. The van der Waals surface area contributed by atoms with Crippen LogP contribution in [0.15, 0.2) is 48.6 Å². The molecule has 1 saturated carbocycles. The van der Waals surface area contributed by atoms with Crippen LogP contribution in [0.3, 0.4) is 0 Å². The fourth-order valence-corrected chi connectivity index (χ4v) is 3.47. The van der Waals surface area contributed by atoms with Gasteiger partial charge in [-0.3, -0.25) is 4.79 Å². The number of aliphatic carboxylic acids is 1. The van der Waals surface area contributed by atoms with Crippen molar-refractivity contribution in [3.05, 3.63) is 54.4 Å². The minimum absolute atomic E-state index is 0.0123. The van der Waals surface area contributed by atoms with Crippen LogP contribution in [-0.4, -0.2) is 51.3 Å². The van der Waals surface area contributed by atoms with Crippen molar-refractivity contribution < 1.29 is 34.3 Å². The lowest BCUT2D eigenvalue weighted by Gasteiger charge is -2.19. The summed E-state index contributed by atoms with van der Waals surface area (Å²) in [6.45, 7) is -0.0123. The van der Waals surface area contributed by atoms with Crippen LogP contribution in [0.5, 0.6) is 5.75 Å². The van der Waals surface area contributed by atoms with E-state index in [1.54, 1.807) is 12.2 Å². The molecular formula is C22H29FO6. The number of carboxylic acids is 1. The number of hydrogen-bond acceptors (Lipinski definition) is 5. The Morgan fingerprint density at radius 2 is 1.93 bits per heavy atom. The molecule has 1 aromatic carbocycles. The van der Waals surface area contributed by atoms with Crippen molar-refractivity contribution in [3.8, 4) is 5.75 Å². The molecule has 0 bridgehead atoms. The van der Waals surface area contributed by atoms with E-state index in [9.17, 15) is 24.5 Å². The molecule has 0 unspecified atom stereocenters. The first kappa shape index (κ1) is 23.1. The first-order chi connectivity index (χ1) is 13.9. The van der Waals surface area contributed by atoms with Gasteiger partial charge in [-0.2, -0.15) is 0 Å². The van der Waals surface area contributed by atoms with Gasteiger partial charge in [0.15, 0.2) is 0 Å². The molecule has 0 amide bonds. The average molecular weight is 408 g/mol. The SMILES string of the molecule is O=C(O)CCC/C=C\C[C@@H]1[C@@H](/C=C/[C@@H](O)COc2ccc(F)cc2)[C@H](O)C[C@@H]1O. The fraction of sp³-hybridized carbons (Fsp3) is 0.500. The van der Waals surface area contributed by atoms with Crippen molar-refractivity contribution in [2.45, 2.75) is 50.4 Å². The van der Waals surface area contributed by atoms with Gasteiger partial charge in [-0.15, -0.1) is 0 Å². The summed E-state index contributed by atoms with van der Waals surface area (Å²) in [6.07, 6.45) is 6.97. The molecule has 160 valence electrons. The Morgan fingerprint density at radius 1 is 1.21 bits per heavy atom. The molecule has 6 nitrogen and oxygen atoms in total. The number of allylic oxidation sites excluding steroid dienone is 2. The third-order valence-corrected chi connectivity index (χ3v) is 5.04. The summed E-state index contributed by atoms with van der Waals surface area (Å²) in [5, 5.41) is 39.2. The quantitative estimate of drug-likeness (QED) is 0.331. The number of aliphatic hydroxyl groups is 3. The zero-order valence-corrected chi connectivity index (χ0v) is 16.2. The molecule has 2 rings (SSSR count). The number of hydrogen-bond donors (Lipinski definition) is 4. The summed E-state index contributed by atoms with van der Waals surface area (Å²) in [6, 6.07) is 5.49. The molecule has 0 saturated heterocycles. The smallest absolute Gasteiger partial charge is 0.303 e. The molecule has 0 spiro atoms. The molecule has 1 aliphatic carbocycles. The molecule has 0 aliphatic heterocycles. The zero-order valence-electron chi connectivity index (χ0n) is 16.2. The van der Waals surface area contributed by atoms with Gasteiger partial charge < -0.3 is 25.2 Å². The van der Waals surface area contributed by atoms with Crippen molar-refractivity contribution in [1.82, 2.24) is 0 Å². The second kappa shape index (κ2) is 11.7. The van der Waals surface area contributed by atoms with E-state index in [1.807, 2.05) is 12.2 Å². The van der Waals surface area contributed by atoms with E-state index >= 15 is 0 Å². The number of carboxylic acid groups (broad SMARTS) is 1. The normalized spacial score (nSPS) is 25.7. The molecule has 0 heterocycles. The lowest BCUT2D eigenvalue weighted by atomic mass is 9.89. The van der Waals surface area contributed by atoms with Gasteiger partial charge in [-0.05, 0) is 49.4 Å². The summed E-state index contributed by atoms with van der Waals surface area (Å²) in [5.74, 6) is -1.22. The maximum Gasteiger partial charge on any atom is 0.303 e. The monoisotopic (exact) mass is 408 g/mol. The van der Waals surface area contributed by atoms with Crippen molar-refractivity contribution in [2.75, 3.05) is 6.61 Å². The van der Waals surface area contributed by atoms with Gasteiger partial charge in [0.25, 0.3) is 0 Å². The maximum absolute atomic E-state index is 12.9. The van der Waals surface area contributed by atoms with Gasteiger partial charge in [0.2, 0.25) is 0 Å². The van der Waals surface area contributed by atoms with Crippen LogP contribution in [0.25, 0.3) is 0 Å². The third-order valence-electron chi connectivity index (χ3n) is 5.04. The molecule has 0 radical (unpaired) electrons. The summed E-state index contributed by atoms with van der Waals surface area (Å²) < 4.78 is 18.3. The summed E-state index contributed by atoms with van der Waals surface area (Å²) in [4.78, 5) is 10.5. The molecular weight excluding hydrogens is 379 g/mol. The van der Waals surface area contributed by atoms with Crippen LogP contribution in [0, 0.1) is 17.7 Å². The van der Waals surface area contributed by atoms with Crippen molar-refractivity contribution in [1.29, 1.82) is 0 Å². The average Bonchev–Trinajstić information content (AvgIpc) is 2.94. The predicted octanol–water partition coefficient (Wildman–Crippen LogP) is 2.68. The molecule has 4 N–H and O–H groups in total. The Hall–Kier alpha value is -2.22. The topological polar surface area (TPSA) is 107 Å². The van der Waals surface area contributed by atoms with Gasteiger partial charge in [0.05, 0.1) is 12.2 Å². The summed E-state index contributed by atoms with van der Waals surface area (Å²) in [5.41, 5.74) is 0. The molecule has 29 heavy (non-hydrogen) atoms. The van der Waals surface area contributed by atoms with Crippen LogP contribution in [0.4, 0.5) is 4.39 Å². The number of ether oxygens (including phenoxy) is 1. The van der Waals surface area contributed by atoms with E-state index in [0.29, 0.717) is 25.0 Å². The van der Waals surface area contributed by atoms with E-state index in [-0.39, 0.29) is 37.1 Å². The number of halogens is 1. The van der Waals surface area contributed by atoms with Gasteiger partial charge >= 0.3 is 5.97 Å². The first-order valence-corrected chi connectivity index (χ1v) is 9.84. The number of unbranched alkanes of at least 4 members (excludes halogenated alkanes) is 1. The standard InChI is InChI=1S/C22H29FO6/c23-15-7-10-17(11-8-15)29-14-16(24)9-12-19-18(20(25)13-21(19)26)5-3-1-2-4-6-22(27)28/h1,3,7-12,16,18-21,24-26H,2,4-6,13-14H2,(H,27,28)/b3-1-,12-9+/t16-,18-,19-,20+,21-/m1/s1. The Balaban J connectivity index is 1.82. The van der Waals surface area contributed by atoms with Crippen molar-refractivity contribution >= 4 is 5.97 Å². The van der Waals surface area contributed by atoms with E-state index in [2.05, 4.69) is 0 Å². The second-order valence-corrected chi connectivity index (χ2v) is 7.32. The van der Waals surface area contributed by atoms with E-state index in [0.717, 1.165) is 0 Å². The second-order valence-electron chi connectivity index (χ2n) is 7.32. The molecule has 1 aliphatic rings. The Kier molecular flexibility index (Phi) is 9.31. The Morgan fingerprint density at radius 3 is 2.62 bits per heavy atom. The van der Waals surface area contributed by atoms with Crippen molar-refractivity contribution in [3.63, 3.8) is 0 Å².